The van der Waals surface area contributed by atoms with Crippen LogP contribution >= 0.6 is 23.4 Å². The molecule has 6 heteroatoms. The summed E-state index contributed by atoms with van der Waals surface area (Å²) < 4.78 is 5.78. The Morgan fingerprint density at radius 3 is 2.38 bits per heavy atom. The summed E-state index contributed by atoms with van der Waals surface area (Å²) in [7, 11) is 0. The van der Waals surface area contributed by atoms with Crippen LogP contribution in [0.2, 0.25) is 5.02 Å². The Balaban J connectivity index is 1.60. The van der Waals surface area contributed by atoms with Crippen molar-refractivity contribution in [3.05, 3.63) is 82.4 Å². The summed E-state index contributed by atoms with van der Waals surface area (Å²) in [5, 5.41) is 0.326. The van der Waals surface area contributed by atoms with E-state index in [1.165, 1.54) is 4.90 Å². The number of carbonyl (C=O) groups excluding carboxylic acids is 2. The first-order valence-corrected chi connectivity index (χ1v) is 9.00. The second kappa shape index (κ2) is 6.86. The fraction of sp³-hybridized carbons (Fsp3) is 0. The predicted molar refractivity (Wildman–Crippen MR) is 104 cm³/mol. The number of thioether (sulfide) groups is 1. The van der Waals surface area contributed by atoms with Gasteiger partial charge in [0.15, 0.2) is 0 Å². The van der Waals surface area contributed by atoms with Crippen LogP contribution in [-0.2, 0) is 4.79 Å². The third-order valence-electron chi connectivity index (χ3n) is 3.84. The van der Waals surface area contributed by atoms with Gasteiger partial charge in [0, 0.05) is 16.7 Å². The number of imide groups is 1. The number of anilines is 1. The maximum atomic E-state index is 12.6. The maximum absolute atomic E-state index is 12.6. The number of benzene rings is 2. The van der Waals surface area contributed by atoms with E-state index >= 15 is 0 Å². The highest BCUT2D eigenvalue weighted by Gasteiger charge is 2.36. The second-order valence-corrected chi connectivity index (χ2v) is 6.99. The first-order chi connectivity index (χ1) is 12.6. The summed E-state index contributed by atoms with van der Waals surface area (Å²) >= 11 is 6.79. The molecule has 0 atom stereocenters. The highest BCUT2D eigenvalue weighted by molar-refractivity contribution is 8.19. The van der Waals surface area contributed by atoms with Crippen LogP contribution in [0, 0.1) is 0 Å². The molecule has 1 aliphatic rings. The first-order valence-electron chi connectivity index (χ1n) is 7.80. The molecule has 0 bridgehead atoms. The molecule has 0 N–H and O–H groups in total. The molecule has 2 heterocycles. The lowest BCUT2D eigenvalue weighted by Gasteiger charge is -2.11. The number of hydrogen-bond donors (Lipinski definition) is 0. The molecule has 2 aromatic carbocycles. The molecule has 1 fully saturated rings. The number of rotatable bonds is 3. The molecule has 4 rings (SSSR count). The van der Waals surface area contributed by atoms with Gasteiger partial charge in [-0.2, -0.15) is 0 Å². The van der Waals surface area contributed by atoms with Gasteiger partial charge in [-0.3, -0.25) is 9.59 Å². The van der Waals surface area contributed by atoms with Crippen molar-refractivity contribution in [1.29, 1.82) is 0 Å². The van der Waals surface area contributed by atoms with Gasteiger partial charge >= 0.3 is 0 Å². The first kappa shape index (κ1) is 16.7. The van der Waals surface area contributed by atoms with Gasteiger partial charge in [-0.25, -0.2) is 4.90 Å². The predicted octanol–water partition coefficient (Wildman–Crippen LogP) is 5.84. The van der Waals surface area contributed by atoms with Crippen molar-refractivity contribution >= 4 is 46.3 Å². The normalized spacial score (nSPS) is 15.9. The van der Waals surface area contributed by atoms with Crippen LogP contribution in [0.4, 0.5) is 10.5 Å². The van der Waals surface area contributed by atoms with Gasteiger partial charge in [0.25, 0.3) is 11.1 Å². The molecular weight excluding hydrogens is 370 g/mol. The lowest BCUT2D eigenvalue weighted by atomic mass is 10.2. The molecule has 4 nitrogen and oxygen atoms in total. The molecule has 2 amide bonds. The SMILES string of the molecule is O=C1S/C(=C\c2ccc(-c3ccc(Cl)cc3)o2)C(=O)N1c1ccccc1. The molecule has 0 aliphatic carbocycles. The minimum Gasteiger partial charge on any atom is -0.457 e. The molecule has 1 aliphatic heterocycles. The molecule has 26 heavy (non-hydrogen) atoms. The average molecular weight is 382 g/mol. The smallest absolute Gasteiger partial charge is 0.298 e. The Morgan fingerprint density at radius 1 is 0.923 bits per heavy atom. The standard InChI is InChI=1S/C20H12ClNO3S/c21-14-8-6-13(7-9-14)17-11-10-16(25-17)12-18-19(23)22(20(24)26-18)15-4-2-1-3-5-15/h1-12H/b18-12-. The second-order valence-electron chi connectivity index (χ2n) is 5.56. The summed E-state index contributed by atoms with van der Waals surface area (Å²) in [4.78, 5) is 26.3. The zero-order chi connectivity index (χ0) is 18.1. The third-order valence-corrected chi connectivity index (χ3v) is 4.96. The largest absolute Gasteiger partial charge is 0.457 e. The van der Waals surface area contributed by atoms with Crippen LogP contribution in [0.25, 0.3) is 17.4 Å². The Hall–Kier alpha value is -2.76. The Kier molecular flexibility index (Phi) is 4.41. The summed E-state index contributed by atoms with van der Waals surface area (Å²) in [5.74, 6) is 0.819. The Morgan fingerprint density at radius 2 is 1.65 bits per heavy atom. The number of hydrogen-bond acceptors (Lipinski definition) is 4. The van der Waals surface area contributed by atoms with Crippen molar-refractivity contribution < 1.29 is 14.0 Å². The molecule has 0 spiro atoms. The monoisotopic (exact) mass is 381 g/mol. The van der Waals surface area contributed by atoms with Crippen LogP contribution in [0.5, 0.6) is 0 Å². The number of amides is 2. The third kappa shape index (κ3) is 3.19. The van der Waals surface area contributed by atoms with Crippen molar-refractivity contribution in [2.45, 2.75) is 0 Å². The minimum absolute atomic E-state index is 0.322. The van der Waals surface area contributed by atoms with E-state index in [4.69, 9.17) is 16.0 Å². The van der Waals surface area contributed by atoms with Crippen molar-refractivity contribution in [2.24, 2.45) is 0 Å². The van der Waals surface area contributed by atoms with Crippen LogP contribution < -0.4 is 4.90 Å². The number of halogens is 1. The van der Waals surface area contributed by atoms with Crippen LogP contribution in [-0.4, -0.2) is 11.1 Å². The van der Waals surface area contributed by atoms with Crippen molar-refractivity contribution in [1.82, 2.24) is 0 Å². The minimum atomic E-state index is -0.351. The topological polar surface area (TPSA) is 50.5 Å². The molecule has 0 saturated carbocycles. The van der Waals surface area contributed by atoms with Crippen LogP contribution in [0.15, 0.2) is 76.1 Å². The van der Waals surface area contributed by atoms with Gasteiger partial charge in [0.1, 0.15) is 11.5 Å². The van der Waals surface area contributed by atoms with Gasteiger partial charge in [-0.1, -0.05) is 29.8 Å². The Labute approximate surface area is 159 Å². The highest BCUT2D eigenvalue weighted by Crippen LogP contribution is 2.36. The number of furan rings is 1. The van der Waals surface area contributed by atoms with Gasteiger partial charge in [0.05, 0.1) is 10.6 Å². The van der Waals surface area contributed by atoms with Gasteiger partial charge in [-0.05, 0) is 60.3 Å². The van der Waals surface area contributed by atoms with E-state index in [1.54, 1.807) is 48.5 Å². The summed E-state index contributed by atoms with van der Waals surface area (Å²) in [6.07, 6.45) is 1.59. The van der Waals surface area contributed by atoms with E-state index in [1.807, 2.05) is 24.3 Å². The van der Waals surface area contributed by atoms with Crippen LogP contribution in [0.1, 0.15) is 5.76 Å². The molecule has 0 radical (unpaired) electrons. The number of nitrogens with zero attached hydrogens (tertiary/aromatic N) is 1. The van der Waals surface area contributed by atoms with E-state index in [0.717, 1.165) is 17.3 Å². The number of para-hydroxylation sites is 1. The summed E-state index contributed by atoms with van der Waals surface area (Å²) in [5.41, 5.74) is 1.44. The van der Waals surface area contributed by atoms with Gasteiger partial charge in [0.2, 0.25) is 0 Å². The average Bonchev–Trinajstić information content (AvgIpc) is 3.21. The number of carbonyl (C=O) groups is 2. The van der Waals surface area contributed by atoms with E-state index in [9.17, 15) is 9.59 Å². The van der Waals surface area contributed by atoms with Crippen LogP contribution in [0.3, 0.4) is 0 Å². The summed E-state index contributed by atoms with van der Waals surface area (Å²) in [6, 6.07) is 19.7. The maximum Gasteiger partial charge on any atom is 0.298 e. The molecule has 0 unspecified atom stereocenters. The van der Waals surface area contributed by atoms with Crippen molar-refractivity contribution in [3.8, 4) is 11.3 Å². The Bertz CT molecular complexity index is 1010. The van der Waals surface area contributed by atoms with E-state index in [0.29, 0.717) is 27.1 Å². The van der Waals surface area contributed by atoms with Gasteiger partial charge < -0.3 is 4.42 Å². The zero-order valence-corrected chi connectivity index (χ0v) is 15.0. The van der Waals surface area contributed by atoms with E-state index < -0.39 is 0 Å². The molecule has 3 aromatic rings. The molecule has 1 aromatic heterocycles. The highest BCUT2D eigenvalue weighted by atomic mass is 35.5. The van der Waals surface area contributed by atoms with Crippen molar-refractivity contribution in [3.63, 3.8) is 0 Å². The van der Waals surface area contributed by atoms with E-state index in [-0.39, 0.29) is 11.1 Å². The molecule has 128 valence electrons. The van der Waals surface area contributed by atoms with Crippen molar-refractivity contribution in [2.75, 3.05) is 4.90 Å². The lowest BCUT2D eigenvalue weighted by Crippen LogP contribution is -2.27. The van der Waals surface area contributed by atoms with E-state index in [2.05, 4.69) is 0 Å². The fourth-order valence-corrected chi connectivity index (χ4v) is 3.54. The zero-order valence-electron chi connectivity index (χ0n) is 13.4. The molecule has 1 saturated heterocycles. The quantitative estimate of drug-likeness (QED) is 0.535. The molecular formula is C20H12ClNO3S. The fourth-order valence-electron chi connectivity index (χ4n) is 2.60. The van der Waals surface area contributed by atoms with Gasteiger partial charge in [-0.15, -0.1) is 0 Å². The summed E-state index contributed by atoms with van der Waals surface area (Å²) in [6.45, 7) is 0. The lowest BCUT2D eigenvalue weighted by molar-refractivity contribution is -0.113.